The first kappa shape index (κ1) is 10.8. The van der Waals surface area contributed by atoms with E-state index in [0.29, 0.717) is 5.69 Å². The van der Waals surface area contributed by atoms with Gasteiger partial charge in [0.1, 0.15) is 5.60 Å². The molecular weight excluding hydrogens is 180 g/mol. The smallest absolute Gasteiger partial charge is 0.359 e. The molecular formula is C10H16N2O2. The van der Waals surface area contributed by atoms with Crippen molar-refractivity contribution in [3.8, 4) is 0 Å². The van der Waals surface area contributed by atoms with Crippen LogP contribution in [0.2, 0.25) is 0 Å². The van der Waals surface area contributed by atoms with E-state index in [-0.39, 0.29) is 5.97 Å². The van der Waals surface area contributed by atoms with Gasteiger partial charge in [0.05, 0.1) is 0 Å². The summed E-state index contributed by atoms with van der Waals surface area (Å²) in [7, 11) is 1.79. The summed E-state index contributed by atoms with van der Waals surface area (Å²) < 4.78 is 6.83. The molecule has 0 N–H and O–H groups in total. The van der Waals surface area contributed by atoms with Gasteiger partial charge in [-0.2, -0.15) is 5.10 Å². The monoisotopic (exact) mass is 196 g/mol. The Kier molecular flexibility index (Phi) is 2.64. The van der Waals surface area contributed by atoms with Crippen LogP contribution in [0, 0.1) is 6.92 Å². The predicted octanol–water partition coefficient (Wildman–Crippen LogP) is 1.68. The fraction of sp³-hybridized carbons (Fsp3) is 0.600. The molecule has 0 fully saturated rings. The van der Waals surface area contributed by atoms with Crippen LogP contribution < -0.4 is 0 Å². The van der Waals surface area contributed by atoms with Crippen molar-refractivity contribution in [2.75, 3.05) is 0 Å². The van der Waals surface area contributed by atoms with Gasteiger partial charge < -0.3 is 4.74 Å². The Bertz CT molecular complexity index is 328. The molecule has 0 spiro atoms. The average molecular weight is 196 g/mol. The van der Waals surface area contributed by atoms with E-state index in [2.05, 4.69) is 5.10 Å². The maximum absolute atomic E-state index is 11.5. The zero-order valence-electron chi connectivity index (χ0n) is 9.29. The fourth-order valence-electron chi connectivity index (χ4n) is 0.991. The molecule has 0 bridgehead atoms. The van der Waals surface area contributed by atoms with Crippen molar-refractivity contribution in [1.29, 1.82) is 0 Å². The van der Waals surface area contributed by atoms with E-state index in [4.69, 9.17) is 4.74 Å². The lowest BCUT2D eigenvalue weighted by atomic mass is 10.2. The molecule has 1 rings (SSSR count). The third kappa shape index (κ3) is 2.58. The van der Waals surface area contributed by atoms with Gasteiger partial charge in [0.25, 0.3) is 0 Å². The molecule has 4 heteroatoms. The Hall–Kier alpha value is -1.32. The lowest BCUT2D eigenvalue weighted by Crippen LogP contribution is -2.24. The molecule has 0 aromatic carbocycles. The van der Waals surface area contributed by atoms with Crippen LogP contribution in [-0.4, -0.2) is 21.4 Å². The van der Waals surface area contributed by atoms with Gasteiger partial charge >= 0.3 is 5.97 Å². The summed E-state index contributed by atoms with van der Waals surface area (Å²) in [4.78, 5) is 11.5. The van der Waals surface area contributed by atoms with Gasteiger partial charge in [-0.1, -0.05) is 0 Å². The first-order valence-corrected chi connectivity index (χ1v) is 4.53. The minimum absolute atomic E-state index is 0.361. The Labute approximate surface area is 83.9 Å². The van der Waals surface area contributed by atoms with Crippen LogP contribution in [0.25, 0.3) is 0 Å². The second kappa shape index (κ2) is 3.44. The fourth-order valence-corrected chi connectivity index (χ4v) is 0.991. The molecule has 0 amide bonds. The van der Waals surface area contributed by atoms with E-state index in [9.17, 15) is 4.79 Å². The van der Waals surface area contributed by atoms with Crippen LogP contribution >= 0.6 is 0 Å². The van der Waals surface area contributed by atoms with Crippen LogP contribution in [0.1, 0.15) is 37.0 Å². The van der Waals surface area contributed by atoms with Crippen molar-refractivity contribution in [2.24, 2.45) is 7.05 Å². The summed E-state index contributed by atoms with van der Waals surface area (Å²) >= 11 is 0. The molecule has 1 heterocycles. The summed E-state index contributed by atoms with van der Waals surface area (Å²) in [6.07, 6.45) is 0. The normalized spacial score (nSPS) is 11.5. The second-order valence-corrected chi connectivity index (χ2v) is 4.30. The van der Waals surface area contributed by atoms with Crippen LogP contribution in [-0.2, 0) is 11.8 Å². The number of aryl methyl sites for hydroxylation is 2. The lowest BCUT2D eigenvalue weighted by molar-refractivity contribution is 0.00621. The van der Waals surface area contributed by atoms with E-state index in [1.54, 1.807) is 17.8 Å². The van der Waals surface area contributed by atoms with Crippen molar-refractivity contribution in [3.05, 3.63) is 17.5 Å². The summed E-state index contributed by atoms with van der Waals surface area (Å²) in [5.41, 5.74) is 0.827. The highest BCUT2D eigenvalue weighted by Crippen LogP contribution is 2.11. The van der Waals surface area contributed by atoms with E-state index in [1.165, 1.54) is 0 Å². The number of esters is 1. The van der Waals surface area contributed by atoms with Crippen LogP contribution in [0.4, 0.5) is 0 Å². The Balaban J connectivity index is 2.80. The van der Waals surface area contributed by atoms with Crippen molar-refractivity contribution >= 4 is 5.97 Å². The molecule has 4 nitrogen and oxygen atoms in total. The number of carbonyl (C=O) groups excluding carboxylic acids is 1. The van der Waals surface area contributed by atoms with Gasteiger partial charge in [-0.25, -0.2) is 4.79 Å². The van der Waals surface area contributed by atoms with Crippen molar-refractivity contribution in [2.45, 2.75) is 33.3 Å². The molecule has 1 aromatic rings. The van der Waals surface area contributed by atoms with Gasteiger partial charge in [-0.15, -0.1) is 0 Å². The maximum atomic E-state index is 11.5. The number of carbonyl (C=O) groups is 1. The Morgan fingerprint density at radius 1 is 1.50 bits per heavy atom. The Morgan fingerprint density at radius 3 is 2.43 bits per heavy atom. The zero-order chi connectivity index (χ0) is 10.9. The van der Waals surface area contributed by atoms with Gasteiger partial charge in [-0.05, 0) is 33.8 Å². The summed E-state index contributed by atoms with van der Waals surface area (Å²) in [5.74, 6) is -0.374. The number of hydrogen-bond donors (Lipinski definition) is 0. The molecule has 0 aliphatic carbocycles. The summed E-state index contributed by atoms with van der Waals surface area (Å²) in [6.45, 7) is 7.39. The SMILES string of the molecule is Cc1cc(C(=O)OC(C)(C)C)nn1C. The molecule has 0 atom stereocenters. The molecule has 0 saturated carbocycles. The molecule has 14 heavy (non-hydrogen) atoms. The Morgan fingerprint density at radius 2 is 2.07 bits per heavy atom. The average Bonchev–Trinajstić information content (AvgIpc) is 2.28. The highest BCUT2D eigenvalue weighted by atomic mass is 16.6. The van der Waals surface area contributed by atoms with Gasteiger partial charge in [0.15, 0.2) is 5.69 Å². The second-order valence-electron chi connectivity index (χ2n) is 4.30. The number of ether oxygens (including phenoxy) is 1. The topological polar surface area (TPSA) is 44.1 Å². The maximum Gasteiger partial charge on any atom is 0.359 e. The minimum Gasteiger partial charge on any atom is -0.455 e. The number of nitrogens with zero attached hydrogens (tertiary/aromatic N) is 2. The van der Waals surface area contributed by atoms with Crippen LogP contribution in [0.5, 0.6) is 0 Å². The van der Waals surface area contributed by atoms with Gasteiger partial charge in [-0.3, -0.25) is 4.68 Å². The van der Waals surface area contributed by atoms with Gasteiger partial charge in [0, 0.05) is 12.7 Å². The van der Waals surface area contributed by atoms with E-state index in [0.717, 1.165) is 5.69 Å². The van der Waals surface area contributed by atoms with Gasteiger partial charge in [0.2, 0.25) is 0 Å². The molecule has 0 aliphatic rings. The quantitative estimate of drug-likeness (QED) is 0.642. The highest BCUT2D eigenvalue weighted by molar-refractivity contribution is 5.87. The first-order valence-electron chi connectivity index (χ1n) is 4.53. The first-order chi connectivity index (χ1) is 6.29. The van der Waals surface area contributed by atoms with Crippen molar-refractivity contribution in [1.82, 2.24) is 9.78 Å². The molecule has 0 radical (unpaired) electrons. The summed E-state index contributed by atoms with van der Waals surface area (Å²) in [6, 6.07) is 1.72. The van der Waals surface area contributed by atoms with E-state index in [1.807, 2.05) is 27.7 Å². The molecule has 0 aliphatic heterocycles. The molecule has 0 saturated heterocycles. The van der Waals surface area contributed by atoms with Crippen LogP contribution in [0.15, 0.2) is 6.07 Å². The molecule has 1 aromatic heterocycles. The van der Waals surface area contributed by atoms with Crippen molar-refractivity contribution in [3.63, 3.8) is 0 Å². The number of aromatic nitrogens is 2. The van der Waals surface area contributed by atoms with Crippen molar-refractivity contribution < 1.29 is 9.53 Å². The third-order valence-electron chi connectivity index (χ3n) is 1.72. The highest BCUT2D eigenvalue weighted by Gasteiger charge is 2.20. The standard InChI is InChI=1S/C10H16N2O2/c1-7-6-8(11-12(7)5)9(13)14-10(2,3)4/h6H,1-5H3. The summed E-state index contributed by atoms with van der Waals surface area (Å²) in [5, 5.41) is 4.04. The lowest BCUT2D eigenvalue weighted by Gasteiger charge is -2.18. The number of rotatable bonds is 1. The number of hydrogen-bond acceptors (Lipinski definition) is 3. The minimum atomic E-state index is -0.470. The molecule has 78 valence electrons. The zero-order valence-corrected chi connectivity index (χ0v) is 9.29. The van der Waals surface area contributed by atoms with E-state index >= 15 is 0 Å². The van der Waals surface area contributed by atoms with E-state index < -0.39 is 5.60 Å². The largest absolute Gasteiger partial charge is 0.455 e. The predicted molar refractivity (Wildman–Crippen MR) is 53.1 cm³/mol. The van der Waals surface area contributed by atoms with Crippen LogP contribution in [0.3, 0.4) is 0 Å². The molecule has 0 unspecified atom stereocenters. The third-order valence-corrected chi connectivity index (χ3v) is 1.72.